The molecular formula is C20H25ClN2O2. The summed E-state index contributed by atoms with van der Waals surface area (Å²) in [6, 6.07) is 7.96. The van der Waals surface area contributed by atoms with Gasteiger partial charge in [0.2, 0.25) is 0 Å². The van der Waals surface area contributed by atoms with E-state index in [9.17, 15) is 0 Å². The summed E-state index contributed by atoms with van der Waals surface area (Å²) < 4.78 is 11.8. The Morgan fingerprint density at radius 3 is 2.88 bits per heavy atom. The van der Waals surface area contributed by atoms with Crippen LogP contribution < -0.4 is 0 Å². The van der Waals surface area contributed by atoms with Crippen LogP contribution in [-0.4, -0.2) is 28.7 Å². The molecule has 0 amide bonds. The average molecular weight is 361 g/mol. The number of hydrogen-bond donors (Lipinski definition) is 0. The molecule has 2 aliphatic rings. The summed E-state index contributed by atoms with van der Waals surface area (Å²) in [5.74, 6) is 1.09. The van der Waals surface area contributed by atoms with Crippen LogP contribution in [0.1, 0.15) is 55.4 Å². The number of benzene rings is 1. The molecule has 4 rings (SSSR count). The minimum Gasteiger partial charge on any atom is -0.370 e. The van der Waals surface area contributed by atoms with Gasteiger partial charge in [-0.2, -0.15) is 0 Å². The largest absolute Gasteiger partial charge is 0.370 e. The Morgan fingerprint density at radius 2 is 2.04 bits per heavy atom. The zero-order valence-electron chi connectivity index (χ0n) is 14.9. The summed E-state index contributed by atoms with van der Waals surface area (Å²) in [6.07, 6.45) is 4.54. The Bertz CT molecular complexity index is 756. The van der Waals surface area contributed by atoms with E-state index in [1.807, 2.05) is 18.2 Å². The fourth-order valence-corrected chi connectivity index (χ4v) is 4.11. The summed E-state index contributed by atoms with van der Waals surface area (Å²) in [7, 11) is 0. The molecule has 134 valence electrons. The number of fused-ring (bicyclic) bond motifs is 1. The van der Waals surface area contributed by atoms with Crippen molar-refractivity contribution in [2.45, 2.75) is 57.7 Å². The molecule has 0 radical (unpaired) electrons. The Kier molecular flexibility index (Phi) is 4.61. The van der Waals surface area contributed by atoms with Crippen molar-refractivity contribution in [3.05, 3.63) is 51.9 Å². The molecule has 25 heavy (non-hydrogen) atoms. The lowest BCUT2D eigenvalue weighted by Crippen LogP contribution is -2.53. The van der Waals surface area contributed by atoms with Crippen molar-refractivity contribution in [1.82, 2.24) is 10.1 Å². The van der Waals surface area contributed by atoms with Crippen LogP contribution in [0.15, 0.2) is 28.8 Å². The van der Waals surface area contributed by atoms with Crippen molar-refractivity contribution in [1.29, 1.82) is 0 Å². The molecule has 5 heteroatoms. The second kappa shape index (κ2) is 6.75. The molecule has 2 aromatic rings. The van der Waals surface area contributed by atoms with E-state index in [4.69, 9.17) is 20.9 Å². The highest BCUT2D eigenvalue weighted by molar-refractivity contribution is 6.31. The zero-order valence-corrected chi connectivity index (χ0v) is 15.7. The van der Waals surface area contributed by atoms with E-state index in [1.54, 1.807) is 0 Å². The van der Waals surface area contributed by atoms with Gasteiger partial charge in [0.1, 0.15) is 11.5 Å². The van der Waals surface area contributed by atoms with Crippen LogP contribution in [0.2, 0.25) is 5.02 Å². The number of aromatic nitrogens is 1. The first kappa shape index (κ1) is 17.1. The average Bonchev–Trinajstić information content (AvgIpc) is 3.01. The summed E-state index contributed by atoms with van der Waals surface area (Å²) in [5.41, 5.74) is 3.45. The van der Waals surface area contributed by atoms with Crippen molar-refractivity contribution < 1.29 is 9.26 Å². The SMILES string of the molecule is CC1(C)COC(c2ccccc2Cl)CN1Cc1noc2c1CCCC2. The van der Waals surface area contributed by atoms with Gasteiger partial charge in [0.15, 0.2) is 0 Å². The molecule has 0 bridgehead atoms. The van der Waals surface area contributed by atoms with Gasteiger partial charge < -0.3 is 9.26 Å². The molecule has 1 saturated heterocycles. The highest BCUT2D eigenvalue weighted by Crippen LogP contribution is 2.35. The molecule has 0 N–H and O–H groups in total. The van der Waals surface area contributed by atoms with Gasteiger partial charge in [-0.3, -0.25) is 4.90 Å². The normalized spacial score (nSPS) is 23.4. The molecule has 1 unspecified atom stereocenters. The van der Waals surface area contributed by atoms with Crippen LogP contribution in [0.3, 0.4) is 0 Å². The molecule has 1 atom stereocenters. The van der Waals surface area contributed by atoms with Gasteiger partial charge in [-0.1, -0.05) is 35.0 Å². The third-order valence-electron chi connectivity index (χ3n) is 5.50. The molecule has 1 aromatic carbocycles. The lowest BCUT2D eigenvalue weighted by Gasteiger charge is -2.45. The van der Waals surface area contributed by atoms with E-state index in [-0.39, 0.29) is 11.6 Å². The van der Waals surface area contributed by atoms with Crippen LogP contribution in [0.25, 0.3) is 0 Å². The van der Waals surface area contributed by atoms with E-state index in [0.29, 0.717) is 6.61 Å². The smallest absolute Gasteiger partial charge is 0.140 e. The Morgan fingerprint density at radius 1 is 1.24 bits per heavy atom. The molecule has 1 aliphatic carbocycles. The molecule has 0 spiro atoms. The van der Waals surface area contributed by atoms with Crippen LogP contribution in [-0.2, 0) is 24.1 Å². The lowest BCUT2D eigenvalue weighted by molar-refractivity contribution is -0.105. The maximum Gasteiger partial charge on any atom is 0.140 e. The maximum atomic E-state index is 6.39. The summed E-state index contributed by atoms with van der Waals surface area (Å²) >= 11 is 6.39. The third-order valence-corrected chi connectivity index (χ3v) is 5.85. The second-order valence-corrected chi connectivity index (χ2v) is 8.16. The van der Waals surface area contributed by atoms with E-state index < -0.39 is 0 Å². The first-order valence-corrected chi connectivity index (χ1v) is 9.50. The summed E-state index contributed by atoms with van der Waals surface area (Å²) in [5, 5.41) is 5.16. The van der Waals surface area contributed by atoms with Crippen molar-refractivity contribution >= 4 is 11.6 Å². The molecule has 1 aliphatic heterocycles. The van der Waals surface area contributed by atoms with Gasteiger partial charge in [-0.05, 0) is 39.2 Å². The van der Waals surface area contributed by atoms with Crippen LogP contribution in [0, 0.1) is 0 Å². The van der Waals surface area contributed by atoms with Gasteiger partial charge in [-0.25, -0.2) is 0 Å². The number of ether oxygens (including phenoxy) is 1. The van der Waals surface area contributed by atoms with Crippen LogP contribution in [0.5, 0.6) is 0 Å². The highest BCUT2D eigenvalue weighted by atomic mass is 35.5. The predicted octanol–water partition coefficient (Wildman–Crippen LogP) is 4.56. The fourth-order valence-electron chi connectivity index (χ4n) is 3.85. The van der Waals surface area contributed by atoms with E-state index in [2.05, 4.69) is 30.0 Å². The minimum atomic E-state index is -0.0434. The van der Waals surface area contributed by atoms with Gasteiger partial charge in [0.05, 0.1) is 12.7 Å². The lowest BCUT2D eigenvalue weighted by atomic mass is 9.94. The van der Waals surface area contributed by atoms with Gasteiger partial charge in [0.25, 0.3) is 0 Å². The molecular weight excluding hydrogens is 336 g/mol. The number of hydrogen-bond acceptors (Lipinski definition) is 4. The third kappa shape index (κ3) is 3.35. The molecule has 1 fully saturated rings. The van der Waals surface area contributed by atoms with Crippen molar-refractivity contribution in [2.75, 3.05) is 13.2 Å². The second-order valence-electron chi connectivity index (χ2n) is 7.75. The van der Waals surface area contributed by atoms with E-state index >= 15 is 0 Å². The first-order chi connectivity index (χ1) is 12.0. The Labute approximate surface area is 154 Å². The standard InChI is InChI=1S/C20H25ClN2O2/c1-20(2)13-24-19(14-7-3-5-9-16(14)21)12-23(20)11-17-15-8-4-6-10-18(15)25-22-17/h3,5,7,9,19H,4,6,8,10-13H2,1-2H3. The van der Waals surface area contributed by atoms with Gasteiger partial charge >= 0.3 is 0 Å². The first-order valence-electron chi connectivity index (χ1n) is 9.12. The van der Waals surface area contributed by atoms with Crippen molar-refractivity contribution in [3.8, 4) is 0 Å². The van der Waals surface area contributed by atoms with E-state index in [1.165, 1.54) is 18.4 Å². The fraction of sp³-hybridized carbons (Fsp3) is 0.550. The molecule has 1 aromatic heterocycles. The Hall–Kier alpha value is -1.36. The van der Waals surface area contributed by atoms with Gasteiger partial charge in [-0.15, -0.1) is 0 Å². The summed E-state index contributed by atoms with van der Waals surface area (Å²) in [4.78, 5) is 2.46. The number of nitrogens with zero attached hydrogens (tertiary/aromatic N) is 2. The monoisotopic (exact) mass is 360 g/mol. The van der Waals surface area contributed by atoms with Gasteiger partial charge in [0, 0.05) is 41.2 Å². The number of morpholine rings is 1. The molecule has 4 nitrogen and oxygen atoms in total. The minimum absolute atomic E-state index is 0.00977. The predicted molar refractivity (Wildman–Crippen MR) is 97.8 cm³/mol. The summed E-state index contributed by atoms with van der Waals surface area (Å²) in [6.45, 7) is 6.72. The highest BCUT2D eigenvalue weighted by Gasteiger charge is 2.37. The van der Waals surface area contributed by atoms with E-state index in [0.717, 1.165) is 48.0 Å². The zero-order chi connectivity index (χ0) is 17.4. The quantitative estimate of drug-likeness (QED) is 0.804. The number of rotatable bonds is 3. The molecule has 0 saturated carbocycles. The Balaban J connectivity index is 1.56. The van der Waals surface area contributed by atoms with Crippen LogP contribution >= 0.6 is 11.6 Å². The van der Waals surface area contributed by atoms with Crippen LogP contribution in [0.4, 0.5) is 0 Å². The number of aryl methyl sites for hydroxylation is 1. The topological polar surface area (TPSA) is 38.5 Å². The molecule has 2 heterocycles. The number of halogens is 1. The van der Waals surface area contributed by atoms with Crippen molar-refractivity contribution in [2.24, 2.45) is 0 Å². The maximum absolute atomic E-state index is 6.39. The van der Waals surface area contributed by atoms with Crippen molar-refractivity contribution in [3.63, 3.8) is 0 Å².